The van der Waals surface area contributed by atoms with E-state index >= 15 is 0 Å². The number of likely N-dealkylation sites (tertiary alicyclic amines) is 1. The van der Waals surface area contributed by atoms with Crippen molar-refractivity contribution in [3.05, 3.63) is 22.7 Å². The van der Waals surface area contributed by atoms with Crippen LogP contribution in [0.1, 0.15) is 18.4 Å². The number of benzene rings is 1. The van der Waals surface area contributed by atoms with Gasteiger partial charge in [-0.05, 0) is 30.5 Å². The fourth-order valence-electron chi connectivity index (χ4n) is 2.82. The molecule has 0 radical (unpaired) electrons. The fraction of sp³-hybridized carbons (Fsp3) is 0.429. The molecule has 0 aromatic heterocycles. The molecule has 1 saturated heterocycles. The molecular weight excluding hydrogens is 292 g/mol. The first kappa shape index (κ1) is 14.0. The molecule has 2 aliphatic heterocycles. The van der Waals surface area contributed by atoms with Gasteiger partial charge in [-0.2, -0.15) is 0 Å². The molecule has 0 saturated carbocycles. The molecule has 4 N–H and O–H groups in total. The first-order valence-electron chi connectivity index (χ1n) is 6.96. The van der Waals surface area contributed by atoms with Gasteiger partial charge >= 0.3 is 6.03 Å². The molecule has 112 valence electrons. The van der Waals surface area contributed by atoms with Gasteiger partial charge in [0, 0.05) is 24.8 Å². The molecule has 21 heavy (non-hydrogen) atoms. The van der Waals surface area contributed by atoms with Gasteiger partial charge in [-0.25, -0.2) is 4.79 Å². The fourth-order valence-corrected chi connectivity index (χ4v) is 3.04. The molecule has 0 aliphatic carbocycles. The highest BCUT2D eigenvalue weighted by Crippen LogP contribution is 2.33. The van der Waals surface area contributed by atoms with Gasteiger partial charge in [-0.15, -0.1) is 0 Å². The van der Waals surface area contributed by atoms with Crippen LogP contribution in [-0.2, 0) is 11.2 Å². The maximum Gasteiger partial charge on any atom is 0.314 e. The summed E-state index contributed by atoms with van der Waals surface area (Å²) in [6.45, 7) is 1.30. The lowest BCUT2D eigenvalue weighted by atomic mass is 10.0. The molecule has 0 spiro atoms. The second-order valence-corrected chi connectivity index (χ2v) is 5.87. The van der Waals surface area contributed by atoms with Crippen LogP contribution < -0.4 is 16.4 Å². The molecule has 2 aliphatic rings. The molecule has 0 atom stereocenters. The van der Waals surface area contributed by atoms with Gasteiger partial charge in [0.1, 0.15) is 0 Å². The number of rotatable bonds is 2. The molecule has 7 heteroatoms. The Hall–Kier alpha value is -1.95. The highest BCUT2D eigenvalue weighted by atomic mass is 35.5. The number of amides is 3. The van der Waals surface area contributed by atoms with Crippen LogP contribution in [0.25, 0.3) is 0 Å². The normalized spacial score (nSPS) is 18.3. The van der Waals surface area contributed by atoms with Gasteiger partial charge < -0.3 is 21.3 Å². The number of anilines is 2. The minimum atomic E-state index is -0.367. The maximum absolute atomic E-state index is 11.4. The Bertz CT molecular complexity index is 597. The van der Waals surface area contributed by atoms with Gasteiger partial charge in [-0.1, -0.05) is 11.6 Å². The third-order valence-electron chi connectivity index (χ3n) is 3.98. The van der Waals surface area contributed by atoms with Crippen molar-refractivity contribution in [2.24, 2.45) is 5.73 Å². The molecule has 0 bridgehead atoms. The smallest absolute Gasteiger partial charge is 0.314 e. The third kappa shape index (κ3) is 2.90. The molecule has 2 heterocycles. The minimum Gasteiger partial charge on any atom is -0.381 e. The van der Waals surface area contributed by atoms with E-state index in [1.807, 2.05) is 6.07 Å². The molecule has 1 aromatic carbocycles. The maximum atomic E-state index is 11.4. The van der Waals surface area contributed by atoms with Crippen molar-refractivity contribution in [3.63, 3.8) is 0 Å². The highest BCUT2D eigenvalue weighted by molar-refractivity contribution is 6.33. The van der Waals surface area contributed by atoms with Crippen LogP contribution in [0.5, 0.6) is 0 Å². The number of nitrogens with zero attached hydrogens (tertiary/aromatic N) is 1. The third-order valence-corrected chi connectivity index (χ3v) is 4.30. The number of piperidine rings is 1. The monoisotopic (exact) mass is 308 g/mol. The van der Waals surface area contributed by atoms with Crippen molar-refractivity contribution in [1.29, 1.82) is 0 Å². The minimum absolute atomic E-state index is 0.00650. The van der Waals surface area contributed by atoms with Crippen molar-refractivity contribution < 1.29 is 9.59 Å². The Morgan fingerprint density at radius 1 is 1.38 bits per heavy atom. The second kappa shape index (κ2) is 5.44. The zero-order chi connectivity index (χ0) is 15.0. The highest BCUT2D eigenvalue weighted by Gasteiger charge is 2.23. The number of urea groups is 1. The van der Waals surface area contributed by atoms with Crippen LogP contribution in [-0.4, -0.2) is 36.0 Å². The average molecular weight is 309 g/mol. The van der Waals surface area contributed by atoms with Crippen molar-refractivity contribution in [3.8, 4) is 0 Å². The van der Waals surface area contributed by atoms with E-state index in [1.54, 1.807) is 11.0 Å². The summed E-state index contributed by atoms with van der Waals surface area (Å²) in [6.07, 6.45) is 2.04. The molecule has 1 fully saturated rings. The Kier molecular flexibility index (Phi) is 3.63. The number of hydrogen-bond donors (Lipinski definition) is 3. The van der Waals surface area contributed by atoms with Gasteiger partial charge in [0.05, 0.1) is 17.1 Å². The van der Waals surface area contributed by atoms with Crippen molar-refractivity contribution >= 4 is 34.9 Å². The van der Waals surface area contributed by atoms with E-state index < -0.39 is 0 Å². The molecule has 6 nitrogen and oxygen atoms in total. The van der Waals surface area contributed by atoms with Crippen LogP contribution in [0.15, 0.2) is 12.1 Å². The largest absolute Gasteiger partial charge is 0.381 e. The molecular formula is C14H17ClN4O2. The van der Waals surface area contributed by atoms with Crippen LogP contribution in [0.4, 0.5) is 16.2 Å². The van der Waals surface area contributed by atoms with E-state index in [2.05, 4.69) is 10.6 Å². The van der Waals surface area contributed by atoms with Gasteiger partial charge in [0.15, 0.2) is 0 Å². The zero-order valence-electron chi connectivity index (χ0n) is 11.5. The van der Waals surface area contributed by atoms with E-state index in [0.717, 1.165) is 29.8 Å². The number of fused-ring (bicyclic) bond motifs is 1. The topological polar surface area (TPSA) is 87.5 Å². The van der Waals surface area contributed by atoms with E-state index in [1.165, 1.54) is 0 Å². The van der Waals surface area contributed by atoms with Crippen molar-refractivity contribution in [2.45, 2.75) is 25.3 Å². The summed E-state index contributed by atoms with van der Waals surface area (Å²) in [5, 5.41) is 6.77. The zero-order valence-corrected chi connectivity index (χ0v) is 12.2. The Labute approximate surface area is 127 Å². The van der Waals surface area contributed by atoms with Gasteiger partial charge in [0.25, 0.3) is 0 Å². The summed E-state index contributed by atoms with van der Waals surface area (Å²) < 4.78 is 0. The summed E-state index contributed by atoms with van der Waals surface area (Å²) in [5.74, 6) is -0.00650. The van der Waals surface area contributed by atoms with Crippen LogP contribution in [0, 0.1) is 0 Å². The number of nitrogens with one attached hydrogen (secondary N) is 2. The summed E-state index contributed by atoms with van der Waals surface area (Å²) in [5.41, 5.74) is 7.86. The lowest BCUT2D eigenvalue weighted by molar-refractivity contribution is -0.115. The summed E-state index contributed by atoms with van der Waals surface area (Å²) in [6, 6.07) is 3.59. The molecule has 1 aromatic rings. The van der Waals surface area contributed by atoms with Crippen molar-refractivity contribution in [1.82, 2.24) is 4.90 Å². The predicted octanol–water partition coefficient (Wildman–Crippen LogP) is 1.79. The SMILES string of the molecule is NC(=O)N1CCC(Nc2cc3c(cc2Cl)NC(=O)C3)CC1. The van der Waals surface area contributed by atoms with E-state index in [-0.39, 0.29) is 18.0 Å². The lowest BCUT2D eigenvalue weighted by Gasteiger charge is -2.32. The van der Waals surface area contributed by atoms with Gasteiger partial charge in [0.2, 0.25) is 5.91 Å². The summed E-state index contributed by atoms with van der Waals surface area (Å²) in [7, 11) is 0. The Balaban J connectivity index is 1.68. The number of carbonyl (C=O) groups is 2. The Morgan fingerprint density at radius 3 is 2.76 bits per heavy atom. The van der Waals surface area contributed by atoms with Crippen LogP contribution >= 0.6 is 11.6 Å². The van der Waals surface area contributed by atoms with Crippen molar-refractivity contribution in [2.75, 3.05) is 23.7 Å². The van der Waals surface area contributed by atoms with E-state index in [0.29, 0.717) is 24.5 Å². The first-order chi connectivity index (χ1) is 10.0. The quantitative estimate of drug-likeness (QED) is 0.778. The predicted molar refractivity (Wildman–Crippen MR) is 81.6 cm³/mol. The number of halogens is 1. The second-order valence-electron chi connectivity index (χ2n) is 5.46. The molecule has 3 amide bonds. The summed E-state index contributed by atoms with van der Waals surface area (Å²) in [4.78, 5) is 24.1. The van der Waals surface area contributed by atoms with E-state index in [9.17, 15) is 9.59 Å². The Morgan fingerprint density at radius 2 is 2.10 bits per heavy atom. The first-order valence-corrected chi connectivity index (χ1v) is 7.34. The lowest BCUT2D eigenvalue weighted by Crippen LogP contribution is -2.44. The number of carbonyl (C=O) groups excluding carboxylic acids is 2. The van der Waals surface area contributed by atoms with Gasteiger partial charge in [-0.3, -0.25) is 4.79 Å². The number of nitrogens with two attached hydrogens (primary N) is 1. The standard InChI is InChI=1S/C14H17ClN4O2/c15-10-7-11-8(6-13(20)18-11)5-12(10)17-9-1-3-19(4-2-9)14(16)21/h5,7,9,17H,1-4,6H2,(H2,16,21)(H,18,20). The number of hydrogen-bond acceptors (Lipinski definition) is 3. The van der Waals surface area contributed by atoms with Crippen LogP contribution in [0.2, 0.25) is 5.02 Å². The van der Waals surface area contributed by atoms with E-state index in [4.69, 9.17) is 17.3 Å². The molecule has 0 unspecified atom stereocenters. The number of primary amides is 1. The molecule has 3 rings (SSSR count). The van der Waals surface area contributed by atoms with Crippen LogP contribution in [0.3, 0.4) is 0 Å². The summed E-state index contributed by atoms with van der Waals surface area (Å²) >= 11 is 6.26. The average Bonchev–Trinajstić information content (AvgIpc) is 2.79.